The normalized spacial score (nSPS) is 17.1. The molecular formula is C13H17FN2O2. The van der Waals surface area contributed by atoms with Gasteiger partial charge in [-0.25, -0.2) is 14.2 Å². The molecular weight excluding hydrogens is 235 g/mol. The molecule has 0 bridgehead atoms. The number of hydrogen-bond donors (Lipinski definition) is 1. The van der Waals surface area contributed by atoms with Gasteiger partial charge in [-0.3, -0.25) is 0 Å². The van der Waals surface area contributed by atoms with Crippen LogP contribution in [0.5, 0.6) is 0 Å². The summed E-state index contributed by atoms with van der Waals surface area (Å²) in [6, 6.07) is 1.20. The van der Waals surface area contributed by atoms with Gasteiger partial charge in [0.1, 0.15) is 5.56 Å². The minimum absolute atomic E-state index is 0.178. The van der Waals surface area contributed by atoms with E-state index in [4.69, 9.17) is 5.11 Å². The second kappa shape index (κ2) is 5.80. The largest absolute Gasteiger partial charge is 0.478 e. The lowest BCUT2D eigenvalue weighted by molar-refractivity contribution is 0.0691. The smallest absolute Gasteiger partial charge is 0.338 e. The number of halogens is 1. The Hall–Kier alpha value is -1.65. The molecule has 5 heteroatoms. The molecule has 1 aliphatic rings. The SMILES string of the molecule is O=C(O)c1ccnc(N2CCCCCCC2)c1F. The number of pyridine rings is 1. The van der Waals surface area contributed by atoms with Crippen molar-refractivity contribution in [2.75, 3.05) is 18.0 Å². The fourth-order valence-electron chi connectivity index (χ4n) is 2.28. The molecule has 18 heavy (non-hydrogen) atoms. The Morgan fingerprint density at radius 3 is 2.44 bits per heavy atom. The van der Waals surface area contributed by atoms with Gasteiger partial charge in [0.2, 0.25) is 0 Å². The van der Waals surface area contributed by atoms with Gasteiger partial charge in [-0.1, -0.05) is 19.3 Å². The third-order valence-corrected chi connectivity index (χ3v) is 3.26. The van der Waals surface area contributed by atoms with Crippen molar-refractivity contribution in [2.24, 2.45) is 0 Å². The summed E-state index contributed by atoms with van der Waals surface area (Å²) in [4.78, 5) is 16.8. The van der Waals surface area contributed by atoms with Crippen LogP contribution in [0, 0.1) is 5.82 Å². The number of carboxylic acid groups (broad SMARTS) is 1. The summed E-state index contributed by atoms with van der Waals surface area (Å²) in [5.41, 5.74) is -0.304. The average molecular weight is 252 g/mol. The van der Waals surface area contributed by atoms with E-state index in [9.17, 15) is 9.18 Å². The van der Waals surface area contributed by atoms with Crippen LogP contribution in [0.25, 0.3) is 0 Å². The summed E-state index contributed by atoms with van der Waals surface area (Å²) < 4.78 is 14.1. The molecule has 0 atom stereocenters. The maximum absolute atomic E-state index is 14.1. The van der Waals surface area contributed by atoms with Crippen molar-refractivity contribution in [2.45, 2.75) is 32.1 Å². The Morgan fingerprint density at radius 1 is 1.22 bits per heavy atom. The standard InChI is InChI=1S/C13H17FN2O2/c14-11-10(13(17)18)6-7-15-12(11)16-8-4-2-1-3-5-9-16/h6-7H,1-5,8-9H2,(H,17,18). The minimum atomic E-state index is -1.25. The number of carbonyl (C=O) groups is 1. The zero-order valence-electron chi connectivity index (χ0n) is 10.2. The number of nitrogens with zero attached hydrogens (tertiary/aromatic N) is 2. The van der Waals surface area contributed by atoms with Gasteiger partial charge in [0.25, 0.3) is 0 Å². The highest BCUT2D eigenvalue weighted by molar-refractivity contribution is 5.88. The lowest BCUT2D eigenvalue weighted by atomic mass is 10.1. The van der Waals surface area contributed by atoms with Gasteiger partial charge in [-0.2, -0.15) is 0 Å². The monoisotopic (exact) mass is 252 g/mol. The molecule has 1 N–H and O–H groups in total. The molecule has 1 fully saturated rings. The number of carboxylic acids is 1. The Bertz CT molecular complexity index is 429. The van der Waals surface area contributed by atoms with Crippen LogP contribution in [0.2, 0.25) is 0 Å². The third kappa shape index (κ3) is 2.78. The molecule has 0 amide bonds. The number of aromatic nitrogens is 1. The predicted molar refractivity (Wildman–Crippen MR) is 66.5 cm³/mol. The molecule has 1 aromatic heterocycles. The first-order chi connectivity index (χ1) is 8.70. The zero-order chi connectivity index (χ0) is 13.0. The van der Waals surface area contributed by atoms with Crippen molar-refractivity contribution in [3.63, 3.8) is 0 Å². The van der Waals surface area contributed by atoms with Crippen LogP contribution < -0.4 is 4.90 Å². The molecule has 1 aromatic rings. The van der Waals surface area contributed by atoms with E-state index >= 15 is 0 Å². The first-order valence-corrected chi connectivity index (χ1v) is 6.33. The van der Waals surface area contributed by atoms with Crippen LogP contribution in [0.15, 0.2) is 12.3 Å². The van der Waals surface area contributed by atoms with Gasteiger partial charge in [0, 0.05) is 19.3 Å². The molecule has 0 radical (unpaired) electrons. The third-order valence-electron chi connectivity index (χ3n) is 3.26. The second-order valence-corrected chi connectivity index (χ2v) is 4.56. The first-order valence-electron chi connectivity index (χ1n) is 6.33. The lowest BCUT2D eigenvalue weighted by Gasteiger charge is -2.26. The molecule has 1 aliphatic heterocycles. The summed E-state index contributed by atoms with van der Waals surface area (Å²) in [7, 11) is 0. The van der Waals surface area contributed by atoms with E-state index in [0.717, 1.165) is 38.8 Å². The molecule has 0 aromatic carbocycles. The number of anilines is 1. The van der Waals surface area contributed by atoms with Crippen LogP contribution in [0.1, 0.15) is 42.5 Å². The summed E-state index contributed by atoms with van der Waals surface area (Å²) in [5, 5.41) is 8.90. The molecule has 2 heterocycles. The Balaban J connectivity index is 2.25. The highest BCUT2D eigenvalue weighted by Gasteiger charge is 2.20. The Morgan fingerprint density at radius 2 is 1.83 bits per heavy atom. The van der Waals surface area contributed by atoms with Gasteiger partial charge in [-0.05, 0) is 18.9 Å². The molecule has 98 valence electrons. The van der Waals surface area contributed by atoms with Crippen molar-refractivity contribution < 1.29 is 14.3 Å². The Labute approximate surface area is 105 Å². The first kappa shape index (κ1) is 12.8. The van der Waals surface area contributed by atoms with E-state index in [0.29, 0.717) is 0 Å². The summed E-state index contributed by atoms with van der Waals surface area (Å²) >= 11 is 0. The van der Waals surface area contributed by atoms with Crippen LogP contribution in [0.3, 0.4) is 0 Å². The van der Waals surface area contributed by atoms with Crippen LogP contribution >= 0.6 is 0 Å². The van der Waals surface area contributed by atoms with Crippen molar-refractivity contribution in [3.8, 4) is 0 Å². The number of rotatable bonds is 2. The van der Waals surface area contributed by atoms with Crippen molar-refractivity contribution in [1.82, 2.24) is 4.98 Å². The average Bonchev–Trinajstić information content (AvgIpc) is 2.29. The second-order valence-electron chi connectivity index (χ2n) is 4.56. The fourth-order valence-corrected chi connectivity index (χ4v) is 2.28. The molecule has 1 saturated heterocycles. The molecule has 0 unspecified atom stereocenters. The number of hydrogen-bond acceptors (Lipinski definition) is 3. The Kier molecular flexibility index (Phi) is 4.12. The fraction of sp³-hybridized carbons (Fsp3) is 0.538. The highest BCUT2D eigenvalue weighted by atomic mass is 19.1. The van der Waals surface area contributed by atoms with E-state index in [1.165, 1.54) is 18.7 Å². The lowest BCUT2D eigenvalue weighted by Crippen LogP contribution is -2.29. The maximum Gasteiger partial charge on any atom is 0.338 e. The van der Waals surface area contributed by atoms with Gasteiger partial charge >= 0.3 is 5.97 Å². The van der Waals surface area contributed by atoms with E-state index in [1.807, 2.05) is 4.90 Å². The summed E-state index contributed by atoms with van der Waals surface area (Å²) in [6.07, 6.45) is 6.85. The van der Waals surface area contributed by atoms with Crippen molar-refractivity contribution in [3.05, 3.63) is 23.6 Å². The highest BCUT2D eigenvalue weighted by Crippen LogP contribution is 2.22. The zero-order valence-corrected chi connectivity index (χ0v) is 10.2. The summed E-state index contributed by atoms with van der Waals surface area (Å²) in [5.74, 6) is -1.79. The van der Waals surface area contributed by atoms with Crippen molar-refractivity contribution >= 4 is 11.8 Å². The predicted octanol–water partition coefficient (Wildman–Crippen LogP) is 2.69. The van der Waals surface area contributed by atoms with E-state index < -0.39 is 11.8 Å². The van der Waals surface area contributed by atoms with Crippen LogP contribution in [-0.2, 0) is 0 Å². The molecule has 4 nitrogen and oxygen atoms in total. The van der Waals surface area contributed by atoms with Crippen LogP contribution in [-0.4, -0.2) is 29.1 Å². The van der Waals surface area contributed by atoms with Gasteiger partial charge in [0.15, 0.2) is 11.6 Å². The minimum Gasteiger partial charge on any atom is -0.478 e. The van der Waals surface area contributed by atoms with E-state index in [2.05, 4.69) is 4.98 Å². The molecule has 0 spiro atoms. The van der Waals surface area contributed by atoms with Crippen LogP contribution in [0.4, 0.5) is 10.2 Å². The van der Waals surface area contributed by atoms with E-state index in [-0.39, 0.29) is 11.4 Å². The van der Waals surface area contributed by atoms with Gasteiger partial charge in [0.05, 0.1) is 0 Å². The molecule has 0 saturated carbocycles. The quantitative estimate of drug-likeness (QED) is 0.879. The number of aromatic carboxylic acids is 1. The topological polar surface area (TPSA) is 53.4 Å². The van der Waals surface area contributed by atoms with Gasteiger partial charge in [-0.15, -0.1) is 0 Å². The van der Waals surface area contributed by atoms with Crippen molar-refractivity contribution in [1.29, 1.82) is 0 Å². The van der Waals surface area contributed by atoms with E-state index in [1.54, 1.807) is 0 Å². The van der Waals surface area contributed by atoms with Gasteiger partial charge < -0.3 is 10.0 Å². The summed E-state index contributed by atoms with van der Waals surface area (Å²) in [6.45, 7) is 1.49. The maximum atomic E-state index is 14.1. The molecule has 0 aliphatic carbocycles. The molecule has 2 rings (SSSR count).